The smallest absolute Gasteiger partial charge is 0.191 e. The van der Waals surface area contributed by atoms with Gasteiger partial charge in [-0.25, -0.2) is 0 Å². The van der Waals surface area contributed by atoms with Crippen LogP contribution in [0, 0.1) is 22.7 Å². The Labute approximate surface area is 95.6 Å². The Balaban J connectivity index is 2.66. The Bertz CT molecular complexity index is 432. The molecule has 0 unspecified atom stereocenters. The number of nitriles is 2. The van der Waals surface area contributed by atoms with Crippen LogP contribution in [0.1, 0.15) is 18.1 Å². The first kappa shape index (κ1) is 12.0. The third kappa shape index (κ3) is 2.95. The van der Waals surface area contributed by atoms with Crippen LogP contribution in [0.5, 0.6) is 0 Å². The van der Waals surface area contributed by atoms with E-state index in [9.17, 15) is 0 Å². The minimum Gasteiger partial charge on any atom is -0.284 e. The van der Waals surface area contributed by atoms with Crippen LogP contribution in [0.15, 0.2) is 30.8 Å². The quantitative estimate of drug-likeness (QED) is 0.830. The Morgan fingerprint density at radius 2 is 1.88 bits per heavy atom. The van der Waals surface area contributed by atoms with Crippen molar-refractivity contribution in [2.45, 2.75) is 19.0 Å². The minimum atomic E-state index is -1.13. The standard InChI is InChI=1S/C13H13N3/c1-3-11-4-6-12(7-5-11)8-16-13(2,9-14)10-15/h3-7,16H,1,8H2,2H3. The number of nitrogens with one attached hydrogen (secondary N) is 1. The van der Waals surface area contributed by atoms with Crippen molar-refractivity contribution in [3.8, 4) is 12.1 Å². The first-order valence-electron chi connectivity index (χ1n) is 4.92. The lowest BCUT2D eigenvalue weighted by Crippen LogP contribution is -2.38. The molecule has 80 valence electrons. The van der Waals surface area contributed by atoms with E-state index in [4.69, 9.17) is 10.5 Å². The summed E-state index contributed by atoms with van der Waals surface area (Å²) in [5.74, 6) is 0. The van der Waals surface area contributed by atoms with Crippen LogP contribution in [0.25, 0.3) is 6.08 Å². The molecular weight excluding hydrogens is 198 g/mol. The highest BCUT2D eigenvalue weighted by Gasteiger charge is 2.21. The molecule has 0 atom stereocenters. The van der Waals surface area contributed by atoms with E-state index in [-0.39, 0.29) is 0 Å². The summed E-state index contributed by atoms with van der Waals surface area (Å²) < 4.78 is 0. The van der Waals surface area contributed by atoms with Crippen LogP contribution < -0.4 is 5.32 Å². The summed E-state index contributed by atoms with van der Waals surface area (Å²) in [6, 6.07) is 11.6. The van der Waals surface area contributed by atoms with Crippen molar-refractivity contribution in [3.05, 3.63) is 42.0 Å². The molecule has 1 aromatic carbocycles. The molecule has 1 N–H and O–H groups in total. The molecule has 1 rings (SSSR count). The van der Waals surface area contributed by atoms with Gasteiger partial charge in [0.1, 0.15) is 12.1 Å². The van der Waals surface area contributed by atoms with Gasteiger partial charge in [0.2, 0.25) is 0 Å². The van der Waals surface area contributed by atoms with Crippen molar-refractivity contribution in [2.75, 3.05) is 0 Å². The second-order valence-electron chi connectivity index (χ2n) is 3.65. The molecule has 0 aliphatic carbocycles. The second-order valence-corrected chi connectivity index (χ2v) is 3.65. The first-order valence-corrected chi connectivity index (χ1v) is 4.92. The monoisotopic (exact) mass is 211 g/mol. The summed E-state index contributed by atoms with van der Waals surface area (Å²) in [5.41, 5.74) is 0.950. The van der Waals surface area contributed by atoms with Gasteiger partial charge in [0, 0.05) is 6.54 Å². The van der Waals surface area contributed by atoms with Gasteiger partial charge in [-0.1, -0.05) is 36.9 Å². The maximum Gasteiger partial charge on any atom is 0.191 e. The molecule has 16 heavy (non-hydrogen) atoms. The lowest BCUT2D eigenvalue weighted by Gasteiger charge is -2.14. The molecule has 0 saturated carbocycles. The topological polar surface area (TPSA) is 59.6 Å². The Kier molecular flexibility index (Phi) is 3.83. The fraction of sp³-hybridized carbons (Fsp3) is 0.231. The summed E-state index contributed by atoms with van der Waals surface area (Å²) in [7, 11) is 0. The predicted octanol–water partition coefficient (Wildman–Crippen LogP) is 2.23. The Morgan fingerprint density at radius 1 is 1.31 bits per heavy atom. The van der Waals surface area contributed by atoms with Gasteiger partial charge in [0.25, 0.3) is 0 Å². The van der Waals surface area contributed by atoms with Crippen LogP contribution in [0.3, 0.4) is 0 Å². The van der Waals surface area contributed by atoms with E-state index in [1.165, 1.54) is 0 Å². The number of hydrogen-bond donors (Lipinski definition) is 1. The Morgan fingerprint density at radius 3 is 2.31 bits per heavy atom. The largest absolute Gasteiger partial charge is 0.284 e. The second kappa shape index (κ2) is 5.11. The van der Waals surface area contributed by atoms with Crippen LogP contribution in [-0.2, 0) is 6.54 Å². The van der Waals surface area contributed by atoms with Crippen molar-refractivity contribution in [1.29, 1.82) is 10.5 Å². The molecule has 0 fully saturated rings. The van der Waals surface area contributed by atoms with Crippen molar-refractivity contribution in [3.63, 3.8) is 0 Å². The average Bonchev–Trinajstić information content (AvgIpc) is 2.36. The molecule has 0 bridgehead atoms. The van der Waals surface area contributed by atoms with E-state index >= 15 is 0 Å². The average molecular weight is 211 g/mol. The van der Waals surface area contributed by atoms with E-state index in [0.717, 1.165) is 11.1 Å². The summed E-state index contributed by atoms with van der Waals surface area (Å²) in [5, 5.41) is 20.5. The summed E-state index contributed by atoms with van der Waals surface area (Å²) in [6.07, 6.45) is 1.77. The van der Waals surface area contributed by atoms with E-state index in [2.05, 4.69) is 11.9 Å². The van der Waals surface area contributed by atoms with Gasteiger partial charge in [-0.05, 0) is 18.1 Å². The number of benzene rings is 1. The van der Waals surface area contributed by atoms with Gasteiger partial charge in [0.05, 0.1) is 0 Å². The van der Waals surface area contributed by atoms with E-state index < -0.39 is 5.54 Å². The van der Waals surface area contributed by atoms with Gasteiger partial charge in [-0.2, -0.15) is 10.5 Å². The maximum atomic E-state index is 8.80. The molecule has 0 saturated heterocycles. The van der Waals surface area contributed by atoms with Gasteiger partial charge >= 0.3 is 0 Å². The third-order valence-electron chi connectivity index (χ3n) is 2.31. The third-order valence-corrected chi connectivity index (χ3v) is 2.31. The van der Waals surface area contributed by atoms with Crippen molar-refractivity contribution in [1.82, 2.24) is 5.32 Å². The molecule has 0 heterocycles. The molecule has 1 aromatic rings. The van der Waals surface area contributed by atoms with Crippen LogP contribution in [-0.4, -0.2) is 5.54 Å². The van der Waals surface area contributed by atoms with E-state index in [1.807, 2.05) is 36.4 Å². The van der Waals surface area contributed by atoms with Crippen molar-refractivity contribution in [2.24, 2.45) is 0 Å². The highest BCUT2D eigenvalue weighted by Crippen LogP contribution is 2.07. The van der Waals surface area contributed by atoms with Gasteiger partial charge in [0.15, 0.2) is 5.54 Å². The number of hydrogen-bond acceptors (Lipinski definition) is 3. The van der Waals surface area contributed by atoms with E-state index in [0.29, 0.717) is 6.54 Å². The molecule has 0 aliphatic rings. The zero-order valence-corrected chi connectivity index (χ0v) is 9.20. The van der Waals surface area contributed by atoms with Crippen molar-refractivity contribution < 1.29 is 0 Å². The fourth-order valence-electron chi connectivity index (χ4n) is 1.15. The highest BCUT2D eigenvalue weighted by molar-refractivity contribution is 5.47. The SMILES string of the molecule is C=Cc1ccc(CNC(C)(C#N)C#N)cc1. The molecule has 0 amide bonds. The predicted molar refractivity (Wildman–Crippen MR) is 63.0 cm³/mol. The molecule has 0 aromatic heterocycles. The normalized spacial score (nSPS) is 10.2. The highest BCUT2D eigenvalue weighted by atomic mass is 15.0. The van der Waals surface area contributed by atoms with Crippen LogP contribution in [0.4, 0.5) is 0 Å². The van der Waals surface area contributed by atoms with Gasteiger partial charge in [-0.15, -0.1) is 0 Å². The molecule has 0 spiro atoms. The number of rotatable bonds is 4. The lowest BCUT2D eigenvalue weighted by atomic mass is 10.1. The van der Waals surface area contributed by atoms with E-state index in [1.54, 1.807) is 13.0 Å². The van der Waals surface area contributed by atoms with Crippen LogP contribution in [0.2, 0.25) is 0 Å². The summed E-state index contributed by atoms with van der Waals surface area (Å²) in [6.45, 7) is 5.73. The maximum absolute atomic E-state index is 8.80. The van der Waals surface area contributed by atoms with Gasteiger partial charge < -0.3 is 0 Å². The molecule has 0 radical (unpaired) electrons. The van der Waals surface area contributed by atoms with Crippen molar-refractivity contribution >= 4 is 6.08 Å². The zero-order chi connectivity index (χ0) is 12.0. The minimum absolute atomic E-state index is 0.495. The Hall–Kier alpha value is -2.10. The lowest BCUT2D eigenvalue weighted by molar-refractivity contribution is 0.545. The molecule has 0 aliphatic heterocycles. The molecule has 3 heteroatoms. The zero-order valence-electron chi connectivity index (χ0n) is 9.20. The summed E-state index contributed by atoms with van der Waals surface area (Å²) in [4.78, 5) is 0. The fourth-order valence-corrected chi connectivity index (χ4v) is 1.15. The van der Waals surface area contributed by atoms with Gasteiger partial charge in [-0.3, -0.25) is 5.32 Å². The number of nitrogens with zero attached hydrogens (tertiary/aromatic N) is 2. The molecular formula is C13H13N3. The molecule has 3 nitrogen and oxygen atoms in total. The first-order chi connectivity index (χ1) is 7.63. The summed E-state index contributed by atoms with van der Waals surface area (Å²) >= 11 is 0. The van der Waals surface area contributed by atoms with Crippen LogP contribution >= 0.6 is 0 Å².